The van der Waals surface area contributed by atoms with Crippen molar-refractivity contribution in [2.45, 2.75) is 24.7 Å². The fraction of sp³-hybridized carbons (Fsp3) is 0.333. The highest BCUT2D eigenvalue weighted by atomic mass is 32.2. The third kappa shape index (κ3) is 3.43. The molecule has 2 aromatic rings. The Bertz CT molecular complexity index is 905. The average Bonchev–Trinajstić information content (AvgIpc) is 2.47. The third-order valence-electron chi connectivity index (χ3n) is 3.79. The van der Waals surface area contributed by atoms with Gasteiger partial charge in [-0.1, -0.05) is 12.1 Å². The smallest absolute Gasteiger partial charge is 0.256 e. The van der Waals surface area contributed by atoms with Gasteiger partial charge in [0.1, 0.15) is 5.75 Å². The van der Waals surface area contributed by atoms with Crippen LogP contribution in [0.3, 0.4) is 0 Å². The molecule has 0 atom stereocenters. The van der Waals surface area contributed by atoms with Crippen molar-refractivity contribution < 1.29 is 13.5 Å². The standard InChI is InChI=1S/C15H17N3O4S/c1-23(21,22)15-16-13-5-6-18(9-12(13)14(20)17-15)8-10-3-2-4-11(19)7-10/h2-4,7,19H,5-6,8-9H2,1H3,(H,16,17,20). The van der Waals surface area contributed by atoms with Crippen molar-refractivity contribution in [1.29, 1.82) is 0 Å². The molecule has 0 aliphatic carbocycles. The van der Waals surface area contributed by atoms with Crippen LogP contribution in [0.1, 0.15) is 16.8 Å². The molecule has 1 aromatic heterocycles. The number of benzene rings is 1. The normalized spacial score (nSPS) is 15.3. The number of nitrogens with zero attached hydrogens (tertiary/aromatic N) is 2. The lowest BCUT2D eigenvalue weighted by Gasteiger charge is -2.27. The summed E-state index contributed by atoms with van der Waals surface area (Å²) in [5, 5.41) is 9.24. The second-order valence-electron chi connectivity index (χ2n) is 5.70. The minimum absolute atomic E-state index is 0.206. The number of H-pyrrole nitrogens is 1. The Morgan fingerprint density at radius 1 is 1.39 bits per heavy atom. The van der Waals surface area contributed by atoms with Crippen molar-refractivity contribution in [3.63, 3.8) is 0 Å². The van der Waals surface area contributed by atoms with Crippen molar-refractivity contribution >= 4 is 9.84 Å². The van der Waals surface area contributed by atoms with E-state index in [9.17, 15) is 18.3 Å². The van der Waals surface area contributed by atoms with Crippen LogP contribution in [0.4, 0.5) is 0 Å². The minimum Gasteiger partial charge on any atom is -0.508 e. The largest absolute Gasteiger partial charge is 0.508 e. The number of phenolic OH excluding ortho intramolecular Hbond substituents is 1. The summed E-state index contributed by atoms with van der Waals surface area (Å²) in [5.41, 5.74) is 1.59. The van der Waals surface area contributed by atoms with Crippen LogP contribution in [0.25, 0.3) is 0 Å². The highest BCUT2D eigenvalue weighted by Gasteiger charge is 2.23. The molecule has 1 aliphatic rings. The molecule has 0 bridgehead atoms. The quantitative estimate of drug-likeness (QED) is 0.789. The summed E-state index contributed by atoms with van der Waals surface area (Å²) in [6.07, 6.45) is 1.54. The van der Waals surface area contributed by atoms with Crippen molar-refractivity contribution in [1.82, 2.24) is 14.9 Å². The summed E-state index contributed by atoms with van der Waals surface area (Å²) in [7, 11) is -3.53. The molecule has 1 aliphatic heterocycles. The fourth-order valence-electron chi connectivity index (χ4n) is 2.68. The van der Waals surface area contributed by atoms with E-state index < -0.39 is 15.4 Å². The molecular weight excluding hydrogens is 318 g/mol. The first-order valence-electron chi connectivity index (χ1n) is 7.15. The zero-order chi connectivity index (χ0) is 16.6. The molecule has 1 aromatic carbocycles. The first kappa shape index (κ1) is 15.7. The van der Waals surface area contributed by atoms with Crippen LogP contribution in [0.2, 0.25) is 0 Å². The average molecular weight is 335 g/mol. The van der Waals surface area contributed by atoms with Gasteiger partial charge in [0.15, 0.2) is 0 Å². The zero-order valence-corrected chi connectivity index (χ0v) is 13.4. The van der Waals surface area contributed by atoms with Gasteiger partial charge in [-0.3, -0.25) is 14.7 Å². The Hall–Kier alpha value is -2.19. The number of hydrogen-bond donors (Lipinski definition) is 2. The summed E-state index contributed by atoms with van der Waals surface area (Å²) in [5.74, 6) is 0.206. The molecule has 0 saturated carbocycles. The van der Waals surface area contributed by atoms with E-state index in [1.54, 1.807) is 18.2 Å². The summed E-state index contributed by atoms with van der Waals surface area (Å²) in [6.45, 7) is 1.67. The number of aromatic hydroxyl groups is 1. The summed E-state index contributed by atoms with van der Waals surface area (Å²) in [4.78, 5) is 20.7. The minimum atomic E-state index is -3.53. The molecule has 0 radical (unpaired) electrons. The number of fused-ring (bicyclic) bond motifs is 1. The van der Waals surface area contributed by atoms with Gasteiger partial charge < -0.3 is 5.11 Å². The first-order chi connectivity index (χ1) is 10.8. The Kier molecular flexibility index (Phi) is 3.95. The topological polar surface area (TPSA) is 103 Å². The molecule has 0 spiro atoms. The van der Waals surface area contributed by atoms with E-state index in [0.717, 1.165) is 11.8 Å². The number of rotatable bonds is 3. The molecule has 0 amide bonds. The van der Waals surface area contributed by atoms with E-state index in [1.807, 2.05) is 6.07 Å². The van der Waals surface area contributed by atoms with Crippen molar-refractivity contribution in [2.24, 2.45) is 0 Å². The Morgan fingerprint density at radius 2 is 2.17 bits per heavy atom. The fourth-order valence-corrected chi connectivity index (χ4v) is 3.24. The van der Waals surface area contributed by atoms with E-state index in [-0.39, 0.29) is 10.9 Å². The van der Waals surface area contributed by atoms with Gasteiger partial charge in [0.05, 0.1) is 11.3 Å². The lowest BCUT2D eigenvalue weighted by molar-refractivity contribution is 0.240. The molecular formula is C15H17N3O4S. The maximum Gasteiger partial charge on any atom is 0.256 e. The lowest BCUT2D eigenvalue weighted by Crippen LogP contribution is -2.36. The van der Waals surface area contributed by atoms with Crippen molar-refractivity contribution in [3.05, 3.63) is 51.4 Å². The predicted octanol–water partition coefficient (Wildman–Crippen LogP) is 0.437. The highest BCUT2D eigenvalue weighted by Crippen LogP contribution is 2.19. The summed E-state index contributed by atoms with van der Waals surface area (Å²) < 4.78 is 23.1. The number of hydrogen-bond acceptors (Lipinski definition) is 6. The Labute approximate surface area is 133 Å². The van der Waals surface area contributed by atoms with Gasteiger partial charge in [-0.15, -0.1) is 0 Å². The molecule has 2 N–H and O–H groups in total. The maximum atomic E-state index is 12.2. The SMILES string of the molecule is CS(=O)(=O)c1nc2c(c(=O)[nH]1)CN(Cc1cccc(O)c1)CC2. The molecule has 0 unspecified atom stereocenters. The van der Waals surface area contributed by atoms with Crippen LogP contribution in [-0.2, 0) is 29.3 Å². The molecule has 23 heavy (non-hydrogen) atoms. The Morgan fingerprint density at radius 3 is 2.87 bits per heavy atom. The van der Waals surface area contributed by atoms with Gasteiger partial charge in [-0.25, -0.2) is 13.4 Å². The second-order valence-corrected chi connectivity index (χ2v) is 7.63. The second kappa shape index (κ2) is 5.78. The predicted molar refractivity (Wildman–Crippen MR) is 83.9 cm³/mol. The maximum absolute atomic E-state index is 12.2. The van der Waals surface area contributed by atoms with Gasteiger partial charge >= 0.3 is 0 Å². The molecule has 3 rings (SSSR count). The molecule has 2 heterocycles. The van der Waals surface area contributed by atoms with E-state index in [4.69, 9.17) is 0 Å². The highest BCUT2D eigenvalue weighted by molar-refractivity contribution is 7.90. The van der Waals surface area contributed by atoms with Crippen LogP contribution < -0.4 is 5.56 Å². The number of nitrogens with one attached hydrogen (secondary N) is 1. The van der Waals surface area contributed by atoms with Crippen LogP contribution >= 0.6 is 0 Å². The first-order valence-corrected chi connectivity index (χ1v) is 9.04. The zero-order valence-electron chi connectivity index (χ0n) is 12.6. The van der Waals surface area contributed by atoms with E-state index in [0.29, 0.717) is 37.3 Å². The van der Waals surface area contributed by atoms with Crippen LogP contribution in [-0.4, -0.2) is 41.2 Å². The molecule has 0 saturated heterocycles. The Balaban J connectivity index is 1.85. The van der Waals surface area contributed by atoms with Gasteiger partial charge in [-0.2, -0.15) is 0 Å². The number of phenols is 1. The van der Waals surface area contributed by atoms with Gasteiger partial charge in [0.2, 0.25) is 15.0 Å². The molecule has 8 heteroatoms. The van der Waals surface area contributed by atoms with Crippen molar-refractivity contribution in [2.75, 3.05) is 12.8 Å². The molecule has 7 nitrogen and oxygen atoms in total. The van der Waals surface area contributed by atoms with Crippen molar-refractivity contribution in [3.8, 4) is 5.75 Å². The third-order valence-corrected chi connectivity index (χ3v) is 4.69. The number of aromatic nitrogens is 2. The molecule has 122 valence electrons. The summed E-state index contributed by atoms with van der Waals surface area (Å²) >= 11 is 0. The number of sulfone groups is 1. The van der Waals surface area contributed by atoms with Crippen LogP contribution in [0, 0.1) is 0 Å². The van der Waals surface area contributed by atoms with Gasteiger partial charge in [0, 0.05) is 32.3 Å². The van der Waals surface area contributed by atoms with Gasteiger partial charge in [-0.05, 0) is 17.7 Å². The molecule has 0 fully saturated rings. The van der Waals surface area contributed by atoms with E-state index in [2.05, 4.69) is 14.9 Å². The van der Waals surface area contributed by atoms with E-state index >= 15 is 0 Å². The van der Waals surface area contributed by atoms with Crippen LogP contribution in [0.5, 0.6) is 5.75 Å². The monoisotopic (exact) mass is 335 g/mol. The lowest BCUT2D eigenvalue weighted by atomic mass is 10.1. The van der Waals surface area contributed by atoms with Gasteiger partial charge in [0.25, 0.3) is 5.56 Å². The number of aromatic amines is 1. The van der Waals surface area contributed by atoms with E-state index in [1.165, 1.54) is 0 Å². The summed E-state index contributed by atoms with van der Waals surface area (Å²) in [6, 6.07) is 6.97. The van der Waals surface area contributed by atoms with Crippen LogP contribution in [0.15, 0.2) is 34.2 Å².